The zero-order valence-corrected chi connectivity index (χ0v) is 21.3. The number of aliphatic hydroxyl groups excluding tert-OH is 1. The predicted octanol–water partition coefficient (Wildman–Crippen LogP) is 5.20. The number of nitrogens with zero attached hydrogens (tertiary/aromatic N) is 3. The molecule has 3 rings (SSSR count). The number of halogens is 3. The maximum atomic E-state index is 13.7. The Hall–Kier alpha value is -2.44. The summed E-state index contributed by atoms with van der Waals surface area (Å²) in [5.41, 5.74) is -3.52. The maximum Gasteiger partial charge on any atom is 0.419 e. The van der Waals surface area contributed by atoms with Crippen LogP contribution in [0, 0.1) is 0 Å². The number of amides is 1. The highest BCUT2D eigenvalue weighted by Gasteiger charge is 2.55. The average molecular weight is 518 g/mol. The Labute approximate surface area is 206 Å². The van der Waals surface area contributed by atoms with E-state index in [0.717, 1.165) is 17.4 Å². The molecule has 1 aromatic heterocycles. The third-order valence-electron chi connectivity index (χ3n) is 5.29. The van der Waals surface area contributed by atoms with E-state index in [1.165, 1.54) is 17.0 Å². The molecule has 2 heterocycles. The fraction of sp³-hybridized carbons (Fsp3) is 0.609. The molecule has 2 aromatic rings. The number of hydrogen-bond acceptors (Lipinski definition) is 8. The fourth-order valence-corrected chi connectivity index (χ4v) is 4.70. The van der Waals surface area contributed by atoms with Crippen LogP contribution in [0.3, 0.4) is 0 Å². The summed E-state index contributed by atoms with van der Waals surface area (Å²) in [5.74, 6) is -0.326. The summed E-state index contributed by atoms with van der Waals surface area (Å²) in [6.45, 7) is 10.4. The largest absolute Gasteiger partial charge is 0.493 e. The van der Waals surface area contributed by atoms with E-state index >= 15 is 0 Å². The molecule has 1 aliphatic heterocycles. The summed E-state index contributed by atoms with van der Waals surface area (Å²) in [6.07, 6.45) is -5.03. The number of carbonyl (C=O) groups is 1. The molecular weight excluding hydrogens is 487 g/mol. The Balaban J connectivity index is 1.96. The molecule has 1 atom stereocenters. The highest BCUT2D eigenvalue weighted by molar-refractivity contribution is 7.14. The van der Waals surface area contributed by atoms with Crippen LogP contribution in [-0.2, 0) is 21.2 Å². The van der Waals surface area contributed by atoms with Crippen LogP contribution < -0.4 is 4.74 Å². The first-order valence-corrected chi connectivity index (χ1v) is 11.9. The molecule has 1 fully saturated rings. The van der Waals surface area contributed by atoms with Gasteiger partial charge in [-0.15, -0.1) is 10.2 Å². The van der Waals surface area contributed by atoms with Gasteiger partial charge in [0, 0.05) is 18.6 Å². The molecule has 12 heteroatoms. The zero-order valence-electron chi connectivity index (χ0n) is 20.5. The zero-order chi connectivity index (χ0) is 26.2. The average Bonchev–Trinajstić information content (AvgIpc) is 3.30. The van der Waals surface area contributed by atoms with Crippen molar-refractivity contribution in [1.29, 1.82) is 0 Å². The standard InChI is InChI=1S/C23H30F3N3O5S/c1-20(2,3)34-19(31)29-21(4,5)33-13-22(29,6)18-28-27-17(35-18)14-8-9-16(32-11-7-10-30)15(12-14)23(24,25)26/h8-9,12,30H,7,10-11,13H2,1-6H3/t22-/m0/s1. The molecule has 1 amide bonds. The summed E-state index contributed by atoms with van der Waals surface area (Å²) in [6, 6.07) is 3.66. The quantitative estimate of drug-likeness (QED) is 0.526. The van der Waals surface area contributed by atoms with Crippen molar-refractivity contribution in [3.63, 3.8) is 0 Å². The van der Waals surface area contributed by atoms with E-state index in [1.54, 1.807) is 41.5 Å². The van der Waals surface area contributed by atoms with Crippen molar-refractivity contribution in [2.24, 2.45) is 0 Å². The van der Waals surface area contributed by atoms with E-state index in [2.05, 4.69) is 10.2 Å². The molecule has 35 heavy (non-hydrogen) atoms. The van der Waals surface area contributed by atoms with Crippen molar-refractivity contribution in [2.45, 2.75) is 71.0 Å². The topological polar surface area (TPSA) is 94.0 Å². The Morgan fingerprint density at radius 2 is 1.91 bits per heavy atom. The van der Waals surface area contributed by atoms with Crippen molar-refractivity contribution < 1.29 is 37.3 Å². The van der Waals surface area contributed by atoms with Crippen LogP contribution in [0.25, 0.3) is 10.6 Å². The van der Waals surface area contributed by atoms with E-state index in [9.17, 15) is 18.0 Å². The Morgan fingerprint density at radius 3 is 2.51 bits per heavy atom. The van der Waals surface area contributed by atoms with Crippen LogP contribution in [0.1, 0.15) is 58.5 Å². The van der Waals surface area contributed by atoms with Gasteiger partial charge in [0.15, 0.2) is 0 Å². The van der Waals surface area contributed by atoms with Gasteiger partial charge in [0.1, 0.15) is 32.6 Å². The Kier molecular flexibility index (Phi) is 7.41. The number of ether oxygens (including phenoxy) is 3. The van der Waals surface area contributed by atoms with E-state index in [4.69, 9.17) is 19.3 Å². The second-order valence-electron chi connectivity index (χ2n) is 9.87. The Bertz CT molecular complexity index is 1070. The third-order valence-corrected chi connectivity index (χ3v) is 6.52. The summed E-state index contributed by atoms with van der Waals surface area (Å²) in [4.78, 5) is 14.5. The first-order valence-electron chi connectivity index (χ1n) is 11.0. The minimum Gasteiger partial charge on any atom is -0.493 e. The number of aliphatic hydroxyl groups is 1. The number of aromatic nitrogens is 2. The monoisotopic (exact) mass is 517 g/mol. The fourth-order valence-electron chi connectivity index (χ4n) is 3.74. The van der Waals surface area contributed by atoms with Crippen LogP contribution in [0.2, 0.25) is 0 Å². The summed E-state index contributed by atoms with van der Waals surface area (Å²) >= 11 is 1.08. The van der Waals surface area contributed by atoms with Crippen LogP contribution in [-0.4, -0.2) is 57.4 Å². The van der Waals surface area contributed by atoms with Crippen LogP contribution in [0.15, 0.2) is 18.2 Å². The van der Waals surface area contributed by atoms with Gasteiger partial charge in [-0.25, -0.2) is 4.79 Å². The molecule has 0 bridgehead atoms. The van der Waals surface area contributed by atoms with E-state index < -0.39 is 34.7 Å². The second-order valence-corrected chi connectivity index (χ2v) is 10.8. The van der Waals surface area contributed by atoms with Crippen LogP contribution in [0.4, 0.5) is 18.0 Å². The molecule has 0 spiro atoms. The van der Waals surface area contributed by atoms with E-state index in [0.29, 0.717) is 5.01 Å². The molecule has 194 valence electrons. The normalized spacial score (nSPS) is 20.2. The highest BCUT2D eigenvalue weighted by Crippen LogP contribution is 2.45. The van der Waals surface area contributed by atoms with Gasteiger partial charge in [-0.1, -0.05) is 11.3 Å². The summed E-state index contributed by atoms with van der Waals surface area (Å²) in [7, 11) is 0. The van der Waals surface area contributed by atoms with Gasteiger partial charge in [-0.2, -0.15) is 13.2 Å². The number of benzene rings is 1. The minimum absolute atomic E-state index is 0.0451. The lowest BCUT2D eigenvalue weighted by Gasteiger charge is -2.39. The van der Waals surface area contributed by atoms with Crippen molar-refractivity contribution in [3.05, 3.63) is 28.8 Å². The number of alkyl halides is 3. The molecule has 1 aromatic carbocycles. The van der Waals surface area contributed by atoms with Gasteiger partial charge in [0.05, 0.1) is 18.8 Å². The smallest absolute Gasteiger partial charge is 0.419 e. The molecule has 8 nitrogen and oxygen atoms in total. The lowest BCUT2D eigenvalue weighted by molar-refractivity contribution is -0.138. The van der Waals surface area contributed by atoms with Gasteiger partial charge in [0.25, 0.3) is 0 Å². The molecule has 0 radical (unpaired) electrons. The number of rotatable bonds is 6. The van der Waals surface area contributed by atoms with E-state index in [1.807, 2.05) is 0 Å². The predicted molar refractivity (Wildman–Crippen MR) is 123 cm³/mol. The third kappa shape index (κ3) is 5.87. The molecule has 0 aliphatic carbocycles. The molecule has 1 aliphatic rings. The maximum absolute atomic E-state index is 13.7. The lowest BCUT2D eigenvalue weighted by Crippen LogP contribution is -2.54. The van der Waals surface area contributed by atoms with Gasteiger partial charge in [-0.05, 0) is 59.7 Å². The SMILES string of the molecule is CC(C)(C)OC(=O)N1C(C)(C)OC[C@@]1(C)c1nnc(-c2ccc(OCCCO)c(C(F)(F)F)c2)s1. The van der Waals surface area contributed by atoms with Crippen molar-refractivity contribution in [1.82, 2.24) is 15.1 Å². The molecule has 0 saturated carbocycles. The molecule has 1 N–H and O–H groups in total. The molecule has 1 saturated heterocycles. The Morgan fingerprint density at radius 1 is 1.23 bits per heavy atom. The highest BCUT2D eigenvalue weighted by atomic mass is 32.1. The molecular formula is C23H30F3N3O5S. The van der Waals surface area contributed by atoms with Gasteiger partial charge in [0.2, 0.25) is 0 Å². The van der Waals surface area contributed by atoms with Crippen LogP contribution in [0.5, 0.6) is 5.75 Å². The van der Waals surface area contributed by atoms with Crippen molar-refractivity contribution >= 4 is 17.4 Å². The number of carbonyl (C=O) groups excluding carboxylic acids is 1. The first kappa shape index (κ1) is 27.2. The molecule has 0 unspecified atom stereocenters. The first-order chi connectivity index (χ1) is 16.1. The second kappa shape index (κ2) is 9.55. The summed E-state index contributed by atoms with van der Waals surface area (Å²) < 4.78 is 57.7. The van der Waals surface area contributed by atoms with Crippen molar-refractivity contribution in [3.8, 4) is 16.3 Å². The summed E-state index contributed by atoms with van der Waals surface area (Å²) in [5, 5.41) is 17.8. The van der Waals surface area contributed by atoms with Gasteiger partial charge in [-0.3, -0.25) is 4.90 Å². The van der Waals surface area contributed by atoms with Crippen molar-refractivity contribution in [2.75, 3.05) is 19.8 Å². The van der Waals surface area contributed by atoms with Gasteiger partial charge >= 0.3 is 12.3 Å². The van der Waals surface area contributed by atoms with Gasteiger partial charge < -0.3 is 19.3 Å². The van der Waals surface area contributed by atoms with E-state index in [-0.39, 0.29) is 42.6 Å². The van der Waals surface area contributed by atoms with Crippen LogP contribution >= 0.6 is 11.3 Å². The number of hydrogen-bond donors (Lipinski definition) is 1. The lowest BCUT2D eigenvalue weighted by atomic mass is 10.0. The minimum atomic E-state index is -4.65.